The van der Waals surface area contributed by atoms with E-state index in [1.807, 2.05) is 38.1 Å². The van der Waals surface area contributed by atoms with E-state index in [-0.39, 0.29) is 24.2 Å². The molecule has 0 heterocycles. The van der Waals surface area contributed by atoms with Crippen LogP contribution in [0, 0.1) is 0 Å². The van der Waals surface area contributed by atoms with Crippen LogP contribution in [0.1, 0.15) is 58.1 Å². The van der Waals surface area contributed by atoms with Crippen LogP contribution in [0.15, 0.2) is 24.3 Å². The summed E-state index contributed by atoms with van der Waals surface area (Å²) in [6.07, 6.45) is 3.98. The van der Waals surface area contributed by atoms with E-state index < -0.39 is 0 Å². The lowest BCUT2D eigenvalue weighted by molar-refractivity contribution is 0.0860. The number of urea groups is 1. The van der Waals surface area contributed by atoms with Crippen LogP contribution in [0.3, 0.4) is 0 Å². The van der Waals surface area contributed by atoms with Gasteiger partial charge >= 0.3 is 6.03 Å². The summed E-state index contributed by atoms with van der Waals surface area (Å²) in [6.45, 7) is 7.46. The number of amides is 2. The number of anilines is 1. The molecule has 0 radical (unpaired) electrons. The second-order valence-electron chi connectivity index (χ2n) is 6.57. The highest BCUT2D eigenvalue weighted by Gasteiger charge is 2.24. The lowest BCUT2D eigenvalue weighted by atomic mass is 9.91. The number of carbonyl (C=O) groups excluding carboxylic acids is 1. The van der Waals surface area contributed by atoms with Gasteiger partial charge < -0.3 is 20.6 Å². The van der Waals surface area contributed by atoms with E-state index in [1.54, 1.807) is 4.90 Å². The molecule has 1 saturated carbocycles. The molecule has 5 nitrogen and oxygen atoms in total. The first kappa shape index (κ1) is 18.7. The van der Waals surface area contributed by atoms with Crippen molar-refractivity contribution in [3.63, 3.8) is 0 Å². The number of rotatable bonds is 6. The van der Waals surface area contributed by atoms with Crippen molar-refractivity contribution in [2.45, 2.75) is 64.6 Å². The van der Waals surface area contributed by atoms with Crippen molar-refractivity contribution in [2.75, 3.05) is 18.4 Å². The van der Waals surface area contributed by atoms with E-state index in [2.05, 4.69) is 17.6 Å². The Morgan fingerprint density at radius 3 is 2.42 bits per heavy atom. The molecule has 134 valence electrons. The standard InChI is InChI=1S/C19H31N3O2/c1-4-22(5-2)19(24)21-16-12-10-15(11-13-16)14(3)20-17-8-6-7-9-18(17)23/h10-14,17-18,20,23H,4-9H2,1-3H3,(H,21,24). The minimum atomic E-state index is -0.242. The van der Waals surface area contributed by atoms with Crippen LogP contribution in [0.2, 0.25) is 0 Å². The van der Waals surface area contributed by atoms with Gasteiger partial charge in [-0.2, -0.15) is 0 Å². The summed E-state index contributed by atoms with van der Waals surface area (Å²) in [4.78, 5) is 13.8. The van der Waals surface area contributed by atoms with Gasteiger partial charge in [0.1, 0.15) is 0 Å². The Kier molecular flexibility index (Phi) is 7.06. The molecule has 1 aliphatic carbocycles. The van der Waals surface area contributed by atoms with Crippen molar-refractivity contribution in [2.24, 2.45) is 0 Å². The summed E-state index contributed by atoms with van der Waals surface area (Å²) in [5.41, 5.74) is 1.97. The minimum absolute atomic E-state index is 0.0655. The molecule has 0 spiro atoms. The average Bonchev–Trinajstić information content (AvgIpc) is 2.58. The van der Waals surface area contributed by atoms with Crippen LogP contribution in [0.4, 0.5) is 10.5 Å². The highest BCUT2D eigenvalue weighted by molar-refractivity contribution is 5.89. The van der Waals surface area contributed by atoms with Crippen LogP contribution in [0.5, 0.6) is 0 Å². The fourth-order valence-corrected chi connectivity index (χ4v) is 3.29. The first-order chi connectivity index (χ1) is 11.5. The summed E-state index contributed by atoms with van der Waals surface area (Å²) in [5.74, 6) is 0. The predicted molar refractivity (Wildman–Crippen MR) is 98.2 cm³/mol. The van der Waals surface area contributed by atoms with Crippen molar-refractivity contribution < 1.29 is 9.90 Å². The maximum absolute atomic E-state index is 12.1. The van der Waals surface area contributed by atoms with Crippen molar-refractivity contribution in [1.82, 2.24) is 10.2 Å². The molecule has 0 saturated heterocycles. The van der Waals surface area contributed by atoms with E-state index in [9.17, 15) is 9.90 Å². The number of aliphatic hydroxyl groups is 1. The van der Waals surface area contributed by atoms with Crippen LogP contribution in [0.25, 0.3) is 0 Å². The molecule has 1 aliphatic rings. The third-order valence-electron chi connectivity index (χ3n) is 4.91. The zero-order chi connectivity index (χ0) is 17.5. The third-order valence-corrected chi connectivity index (χ3v) is 4.91. The molecular weight excluding hydrogens is 302 g/mol. The van der Waals surface area contributed by atoms with Gasteiger partial charge in [-0.1, -0.05) is 25.0 Å². The smallest absolute Gasteiger partial charge is 0.321 e. The van der Waals surface area contributed by atoms with Gasteiger partial charge in [0, 0.05) is 30.9 Å². The largest absolute Gasteiger partial charge is 0.392 e. The third kappa shape index (κ3) is 4.95. The van der Waals surface area contributed by atoms with Gasteiger partial charge in [0.15, 0.2) is 0 Å². The molecule has 0 bridgehead atoms. The number of nitrogens with zero attached hydrogens (tertiary/aromatic N) is 1. The Hall–Kier alpha value is -1.59. The second-order valence-corrected chi connectivity index (χ2v) is 6.57. The predicted octanol–water partition coefficient (Wildman–Crippen LogP) is 3.51. The number of carbonyl (C=O) groups is 1. The summed E-state index contributed by atoms with van der Waals surface area (Å²) < 4.78 is 0. The number of hydrogen-bond acceptors (Lipinski definition) is 3. The molecular formula is C19H31N3O2. The monoisotopic (exact) mass is 333 g/mol. The zero-order valence-electron chi connectivity index (χ0n) is 15.1. The highest BCUT2D eigenvalue weighted by Crippen LogP contribution is 2.23. The van der Waals surface area contributed by atoms with E-state index >= 15 is 0 Å². The zero-order valence-corrected chi connectivity index (χ0v) is 15.1. The number of nitrogens with one attached hydrogen (secondary N) is 2. The quantitative estimate of drug-likeness (QED) is 0.746. The fourth-order valence-electron chi connectivity index (χ4n) is 3.29. The molecule has 5 heteroatoms. The lowest BCUT2D eigenvalue weighted by Crippen LogP contribution is -2.43. The topological polar surface area (TPSA) is 64.6 Å². The first-order valence-electron chi connectivity index (χ1n) is 9.15. The van der Waals surface area contributed by atoms with Gasteiger partial charge in [-0.15, -0.1) is 0 Å². The SMILES string of the molecule is CCN(CC)C(=O)Nc1ccc(C(C)NC2CCCCC2O)cc1. The van der Waals surface area contributed by atoms with Gasteiger partial charge in [-0.3, -0.25) is 0 Å². The van der Waals surface area contributed by atoms with E-state index in [4.69, 9.17) is 0 Å². The summed E-state index contributed by atoms with van der Waals surface area (Å²) in [6, 6.07) is 8.23. The van der Waals surface area contributed by atoms with Gasteiger partial charge in [0.05, 0.1) is 6.10 Å². The van der Waals surface area contributed by atoms with E-state index in [0.29, 0.717) is 13.1 Å². The molecule has 3 N–H and O–H groups in total. The van der Waals surface area contributed by atoms with Gasteiger partial charge in [-0.05, 0) is 51.3 Å². The van der Waals surface area contributed by atoms with Crippen molar-refractivity contribution in [3.05, 3.63) is 29.8 Å². The lowest BCUT2D eigenvalue weighted by Gasteiger charge is -2.31. The molecule has 3 unspecified atom stereocenters. The molecule has 0 aliphatic heterocycles. The van der Waals surface area contributed by atoms with Crippen LogP contribution >= 0.6 is 0 Å². The van der Waals surface area contributed by atoms with Crippen molar-refractivity contribution in [3.8, 4) is 0 Å². The molecule has 0 aromatic heterocycles. The Balaban J connectivity index is 1.92. The molecule has 2 rings (SSSR count). The molecule has 2 amide bonds. The summed E-state index contributed by atoms with van der Waals surface area (Å²) in [5, 5.41) is 16.6. The highest BCUT2D eigenvalue weighted by atomic mass is 16.3. The fraction of sp³-hybridized carbons (Fsp3) is 0.632. The number of hydrogen-bond donors (Lipinski definition) is 3. The van der Waals surface area contributed by atoms with Crippen LogP contribution in [-0.2, 0) is 0 Å². The Bertz CT molecular complexity index is 514. The Labute approximate surface area is 145 Å². The molecule has 1 aromatic carbocycles. The molecule has 1 fully saturated rings. The van der Waals surface area contributed by atoms with Gasteiger partial charge in [0.25, 0.3) is 0 Å². The Morgan fingerprint density at radius 1 is 1.21 bits per heavy atom. The second kappa shape index (κ2) is 9.04. The maximum Gasteiger partial charge on any atom is 0.321 e. The first-order valence-corrected chi connectivity index (χ1v) is 9.15. The normalized spacial score (nSPS) is 22.0. The average molecular weight is 333 g/mol. The maximum atomic E-state index is 12.1. The molecule has 24 heavy (non-hydrogen) atoms. The van der Waals surface area contributed by atoms with Crippen molar-refractivity contribution >= 4 is 11.7 Å². The van der Waals surface area contributed by atoms with Crippen LogP contribution in [-0.4, -0.2) is 41.3 Å². The summed E-state index contributed by atoms with van der Waals surface area (Å²) >= 11 is 0. The number of aliphatic hydroxyl groups excluding tert-OH is 1. The van der Waals surface area contributed by atoms with E-state index in [1.165, 1.54) is 6.42 Å². The number of benzene rings is 1. The van der Waals surface area contributed by atoms with Crippen LogP contribution < -0.4 is 10.6 Å². The van der Waals surface area contributed by atoms with Crippen molar-refractivity contribution in [1.29, 1.82) is 0 Å². The Morgan fingerprint density at radius 2 is 1.83 bits per heavy atom. The van der Waals surface area contributed by atoms with Gasteiger partial charge in [-0.25, -0.2) is 4.79 Å². The molecule has 3 atom stereocenters. The summed E-state index contributed by atoms with van der Waals surface area (Å²) in [7, 11) is 0. The van der Waals surface area contributed by atoms with Gasteiger partial charge in [0.2, 0.25) is 0 Å². The molecule has 1 aromatic rings. The minimum Gasteiger partial charge on any atom is -0.392 e. The van der Waals surface area contributed by atoms with E-state index in [0.717, 1.165) is 30.5 Å².